The summed E-state index contributed by atoms with van der Waals surface area (Å²) in [4.78, 5) is 20.7. The molecule has 0 atom stereocenters. The number of aryl methyl sites for hydroxylation is 2. The van der Waals surface area contributed by atoms with Crippen LogP contribution in [-0.2, 0) is 0 Å². The topological polar surface area (TPSA) is 107 Å². The molecule has 0 saturated heterocycles. The van der Waals surface area contributed by atoms with E-state index in [9.17, 15) is 13.6 Å². The third-order valence-electron chi connectivity index (χ3n) is 7.20. The van der Waals surface area contributed by atoms with Crippen molar-refractivity contribution in [2.75, 3.05) is 11.1 Å². The lowest BCUT2D eigenvalue weighted by atomic mass is 10.0. The number of aromatic nitrogens is 2. The molecular formula is C35H25ClF2N4O3. The van der Waals surface area contributed by atoms with Gasteiger partial charge in [0.15, 0.2) is 0 Å². The molecule has 4 heterocycles. The second-order valence-corrected chi connectivity index (χ2v) is 10.8. The van der Waals surface area contributed by atoms with Gasteiger partial charge in [-0.1, -0.05) is 23.7 Å². The van der Waals surface area contributed by atoms with E-state index in [2.05, 4.69) is 15.3 Å². The minimum Gasteiger partial charge on any atom is -0.431 e. The molecule has 10 heteroatoms. The van der Waals surface area contributed by atoms with Crippen LogP contribution in [0.5, 0.6) is 0 Å². The molecule has 0 bridgehead atoms. The number of anilines is 2. The van der Waals surface area contributed by atoms with Gasteiger partial charge in [-0.25, -0.2) is 9.97 Å². The van der Waals surface area contributed by atoms with Crippen LogP contribution in [0.15, 0.2) is 106 Å². The van der Waals surface area contributed by atoms with Crippen LogP contribution in [-0.4, -0.2) is 15.9 Å². The van der Waals surface area contributed by atoms with Crippen molar-refractivity contribution >= 4 is 51.1 Å². The summed E-state index contributed by atoms with van der Waals surface area (Å²) in [5.41, 5.74) is 12.7. The molecule has 0 radical (unpaired) electrons. The average Bonchev–Trinajstić information content (AvgIpc) is 3.57. The van der Waals surface area contributed by atoms with Crippen molar-refractivity contribution < 1.29 is 22.4 Å². The van der Waals surface area contributed by atoms with E-state index < -0.39 is 12.0 Å². The van der Waals surface area contributed by atoms with E-state index >= 15 is 0 Å². The summed E-state index contributed by atoms with van der Waals surface area (Å²) in [6.45, 7) is 3.87. The van der Waals surface area contributed by atoms with Gasteiger partial charge in [0.1, 0.15) is 22.8 Å². The van der Waals surface area contributed by atoms with E-state index in [1.165, 1.54) is 12.1 Å². The van der Waals surface area contributed by atoms with Gasteiger partial charge in [0.25, 0.3) is 17.9 Å². The standard InChI is InChI=1S/C21H14ClFN2O2.C14H11FN2O/c1-12-8-18-14(10-19(23)27-18)9-16(12)13-6-7-20(24-11-13)25-21(26)15-4-2-3-5-17(15)22;1-8-4-12-10(6-13(15)18-12)5-11(8)9-2-3-14(16)17-7-9/h2-11H,1H3,(H,24,25,26);2-7H,1H3,(H2,16,17). The number of nitrogens with two attached hydrogens (primary N) is 1. The zero-order chi connectivity index (χ0) is 31.7. The number of hydrogen-bond donors (Lipinski definition) is 2. The van der Waals surface area contributed by atoms with Crippen molar-refractivity contribution in [3.05, 3.63) is 131 Å². The van der Waals surface area contributed by atoms with Gasteiger partial charge in [-0.3, -0.25) is 4.79 Å². The first-order chi connectivity index (χ1) is 21.6. The lowest BCUT2D eigenvalue weighted by molar-refractivity contribution is 0.102. The Balaban J connectivity index is 0.000000172. The van der Waals surface area contributed by atoms with Crippen molar-refractivity contribution in [3.8, 4) is 22.3 Å². The number of furan rings is 2. The number of benzene rings is 3. The predicted molar refractivity (Wildman–Crippen MR) is 172 cm³/mol. The number of nitrogens with one attached hydrogen (secondary N) is 1. The van der Waals surface area contributed by atoms with E-state index in [4.69, 9.17) is 26.2 Å². The number of carbonyl (C=O) groups is 1. The number of fused-ring (bicyclic) bond motifs is 2. The summed E-state index contributed by atoms with van der Waals surface area (Å²) in [7, 11) is 0. The lowest BCUT2D eigenvalue weighted by Gasteiger charge is -2.09. The van der Waals surface area contributed by atoms with Gasteiger partial charge < -0.3 is 19.9 Å². The molecule has 0 aliphatic carbocycles. The fourth-order valence-corrected chi connectivity index (χ4v) is 5.18. The van der Waals surface area contributed by atoms with E-state index in [1.54, 1.807) is 54.9 Å². The molecule has 0 fully saturated rings. The zero-order valence-electron chi connectivity index (χ0n) is 24.1. The van der Waals surface area contributed by atoms with Crippen molar-refractivity contribution in [1.29, 1.82) is 0 Å². The summed E-state index contributed by atoms with van der Waals surface area (Å²) in [6.07, 6.45) is 3.37. The van der Waals surface area contributed by atoms with Crippen LogP contribution in [0.2, 0.25) is 5.02 Å². The van der Waals surface area contributed by atoms with Crippen LogP contribution in [0.1, 0.15) is 21.5 Å². The normalized spacial score (nSPS) is 11.0. The molecule has 7 nitrogen and oxygen atoms in total. The average molecular weight is 623 g/mol. The maximum atomic E-state index is 13.3. The van der Waals surface area contributed by atoms with E-state index in [0.29, 0.717) is 38.8 Å². The van der Waals surface area contributed by atoms with Crippen LogP contribution in [0.25, 0.3) is 44.2 Å². The Morgan fingerprint density at radius 2 is 1.31 bits per heavy atom. The van der Waals surface area contributed by atoms with E-state index in [1.807, 2.05) is 44.2 Å². The largest absolute Gasteiger partial charge is 0.431 e. The third kappa shape index (κ3) is 6.39. The molecule has 3 aromatic carbocycles. The highest BCUT2D eigenvalue weighted by Gasteiger charge is 2.13. The molecular weight excluding hydrogens is 598 g/mol. The molecule has 45 heavy (non-hydrogen) atoms. The van der Waals surface area contributed by atoms with Crippen LogP contribution >= 0.6 is 11.6 Å². The molecule has 1 amide bonds. The van der Waals surface area contributed by atoms with Crippen molar-refractivity contribution in [3.63, 3.8) is 0 Å². The number of amides is 1. The fraction of sp³-hybridized carbons (Fsp3) is 0.0571. The molecule has 0 aliphatic rings. The van der Waals surface area contributed by atoms with Crippen LogP contribution in [0.3, 0.4) is 0 Å². The smallest absolute Gasteiger partial charge is 0.278 e. The minimum atomic E-state index is -0.614. The Labute approximate surface area is 261 Å². The van der Waals surface area contributed by atoms with Crippen molar-refractivity contribution in [2.45, 2.75) is 13.8 Å². The molecule has 7 aromatic rings. The number of hydrogen-bond acceptors (Lipinski definition) is 6. The molecule has 0 saturated carbocycles. The number of nitrogen functional groups attached to an aromatic ring is 1. The monoisotopic (exact) mass is 622 g/mol. The van der Waals surface area contributed by atoms with E-state index in [0.717, 1.165) is 38.8 Å². The van der Waals surface area contributed by atoms with Crippen molar-refractivity contribution in [1.82, 2.24) is 9.97 Å². The highest BCUT2D eigenvalue weighted by molar-refractivity contribution is 6.34. The van der Waals surface area contributed by atoms with Gasteiger partial charge in [0.2, 0.25) is 0 Å². The molecule has 7 rings (SSSR count). The maximum absolute atomic E-state index is 13.3. The van der Waals surface area contributed by atoms with Crippen LogP contribution in [0.4, 0.5) is 20.4 Å². The van der Waals surface area contributed by atoms with Gasteiger partial charge in [0, 0.05) is 46.4 Å². The molecule has 4 aromatic heterocycles. The Hall–Kier alpha value is -5.54. The zero-order valence-corrected chi connectivity index (χ0v) is 24.8. The summed E-state index contributed by atoms with van der Waals surface area (Å²) < 4.78 is 36.3. The van der Waals surface area contributed by atoms with Crippen molar-refractivity contribution in [2.24, 2.45) is 0 Å². The Morgan fingerprint density at radius 1 is 0.756 bits per heavy atom. The fourth-order valence-electron chi connectivity index (χ4n) is 4.96. The molecule has 0 unspecified atom stereocenters. The molecule has 224 valence electrons. The summed E-state index contributed by atoms with van der Waals surface area (Å²) in [5, 5.41) is 4.53. The highest BCUT2D eigenvalue weighted by Crippen LogP contribution is 2.31. The first-order valence-corrected chi connectivity index (χ1v) is 14.2. The SMILES string of the molecule is Cc1cc2oc(F)cc2cc1-c1ccc(N)nc1.Cc1cc2oc(F)cc2cc1-c1ccc(NC(=O)c2ccccc2Cl)nc1. The van der Waals surface area contributed by atoms with Crippen LogP contribution in [0, 0.1) is 25.9 Å². The van der Waals surface area contributed by atoms with Crippen LogP contribution < -0.4 is 11.1 Å². The predicted octanol–water partition coefficient (Wildman–Crippen LogP) is 9.37. The maximum Gasteiger partial charge on any atom is 0.278 e. The van der Waals surface area contributed by atoms with Gasteiger partial charge in [-0.2, -0.15) is 8.78 Å². The Bertz CT molecular complexity index is 2180. The summed E-state index contributed by atoms with van der Waals surface area (Å²) in [5.74, 6) is 0.566. The first-order valence-electron chi connectivity index (χ1n) is 13.8. The molecule has 0 spiro atoms. The first kappa shape index (κ1) is 29.5. The lowest BCUT2D eigenvalue weighted by Crippen LogP contribution is -2.13. The van der Waals surface area contributed by atoms with Gasteiger partial charge in [0.05, 0.1) is 10.6 Å². The van der Waals surface area contributed by atoms with Gasteiger partial charge in [-0.15, -0.1) is 0 Å². The van der Waals surface area contributed by atoms with E-state index in [-0.39, 0.29) is 5.91 Å². The quantitative estimate of drug-likeness (QED) is 0.202. The molecule has 0 aliphatic heterocycles. The second-order valence-electron chi connectivity index (χ2n) is 10.3. The summed E-state index contributed by atoms with van der Waals surface area (Å²) >= 11 is 6.04. The van der Waals surface area contributed by atoms with Gasteiger partial charge in [-0.05, 0) is 96.8 Å². The number of halogens is 3. The molecule has 3 N–H and O–H groups in total. The summed E-state index contributed by atoms with van der Waals surface area (Å²) in [6, 6.07) is 22.9. The second kappa shape index (κ2) is 12.2. The highest BCUT2D eigenvalue weighted by atomic mass is 35.5. The third-order valence-corrected chi connectivity index (χ3v) is 7.53. The Kier molecular flexibility index (Phi) is 8.02. The Morgan fingerprint density at radius 3 is 1.82 bits per heavy atom. The number of rotatable bonds is 4. The number of nitrogens with zero attached hydrogens (tertiary/aromatic N) is 2. The van der Waals surface area contributed by atoms with Gasteiger partial charge >= 0.3 is 0 Å². The number of pyridine rings is 2. The minimum absolute atomic E-state index is 0.327. The number of carbonyl (C=O) groups excluding carboxylic acids is 1.